The predicted molar refractivity (Wildman–Crippen MR) is 232 cm³/mol. The maximum absolute atomic E-state index is 8.60. The van der Waals surface area contributed by atoms with Crippen molar-refractivity contribution in [1.82, 2.24) is 0 Å². The minimum Gasteiger partial charge on any atom is -0.394 e. The minimum atomic E-state index is 0.0228. The van der Waals surface area contributed by atoms with E-state index in [1.165, 1.54) is 57.8 Å². The Kier molecular flexibility index (Phi) is 58.7. The van der Waals surface area contributed by atoms with Gasteiger partial charge in [0.1, 0.15) is 0 Å². The van der Waals surface area contributed by atoms with Crippen LogP contribution < -0.4 is 0 Å². The molecule has 0 aliphatic rings. The monoisotopic (exact) mass is 891 g/mol. The molecular weight excluding hydrogens is 800 g/mol. The van der Waals surface area contributed by atoms with Gasteiger partial charge in [-0.2, -0.15) is 0 Å². The molecule has 0 heterocycles. The first-order valence-electron chi connectivity index (χ1n) is 23.3. The summed E-state index contributed by atoms with van der Waals surface area (Å²) in [7, 11) is 0. The normalized spacial score (nSPS) is 11.7. The van der Waals surface area contributed by atoms with Crippen LogP contribution in [0.25, 0.3) is 0 Å². The van der Waals surface area contributed by atoms with Gasteiger partial charge in [0.25, 0.3) is 0 Å². The summed E-state index contributed by atoms with van der Waals surface area (Å²) in [5.41, 5.74) is 0. The van der Waals surface area contributed by atoms with E-state index in [2.05, 4.69) is 6.92 Å². The molecule has 17 nitrogen and oxygen atoms in total. The van der Waals surface area contributed by atoms with Crippen LogP contribution in [0.3, 0.4) is 0 Å². The zero-order valence-corrected chi connectivity index (χ0v) is 38.4. The maximum Gasteiger partial charge on any atom is 0.0701 e. The summed E-state index contributed by atoms with van der Waals surface area (Å²) in [6, 6.07) is 0. The summed E-state index contributed by atoms with van der Waals surface area (Å²) in [5, 5.41) is 8.60. The van der Waals surface area contributed by atoms with Crippen LogP contribution in [0.1, 0.15) is 71.1 Å². The van der Waals surface area contributed by atoms with Gasteiger partial charge >= 0.3 is 0 Å². The van der Waals surface area contributed by atoms with Crippen LogP contribution >= 0.6 is 0 Å². The maximum atomic E-state index is 8.60. The van der Waals surface area contributed by atoms with Crippen molar-refractivity contribution in [2.24, 2.45) is 0 Å². The summed E-state index contributed by atoms with van der Waals surface area (Å²) >= 11 is 0. The van der Waals surface area contributed by atoms with Gasteiger partial charge in [0.15, 0.2) is 0 Å². The average Bonchev–Trinajstić information content (AvgIpc) is 3.27. The third-order valence-electron chi connectivity index (χ3n) is 8.46. The van der Waals surface area contributed by atoms with Crippen LogP contribution in [0.15, 0.2) is 0 Å². The van der Waals surface area contributed by atoms with E-state index >= 15 is 0 Å². The van der Waals surface area contributed by atoms with Crippen molar-refractivity contribution in [3.63, 3.8) is 0 Å². The number of ether oxygens (including phenoxy) is 16. The fraction of sp³-hybridized carbons (Fsp3) is 1.00. The second-order valence-electron chi connectivity index (χ2n) is 13.7. The van der Waals surface area contributed by atoms with Gasteiger partial charge in [-0.3, -0.25) is 0 Å². The molecular formula is C44H90O17. The SMILES string of the molecule is CCCCCCCCCCCCOCCOCCOCCOCCOCCOCCOCCOCCOCCOCCOCCOCCOCCOCCOCCOCCO. The number of aliphatic hydroxyl groups excluding tert-OH is 1. The lowest BCUT2D eigenvalue weighted by Gasteiger charge is -2.09. The molecule has 0 rings (SSSR count). The Morgan fingerprint density at radius 2 is 0.328 bits per heavy atom. The van der Waals surface area contributed by atoms with Crippen molar-refractivity contribution in [3.05, 3.63) is 0 Å². The summed E-state index contributed by atoms with van der Waals surface area (Å²) in [5.74, 6) is 0. The Balaban J connectivity index is 3.06. The molecule has 0 saturated carbocycles. The number of hydrogen-bond donors (Lipinski definition) is 1. The topological polar surface area (TPSA) is 168 Å². The highest BCUT2D eigenvalue weighted by molar-refractivity contribution is 4.48. The van der Waals surface area contributed by atoms with Crippen molar-refractivity contribution in [1.29, 1.82) is 0 Å². The van der Waals surface area contributed by atoms with Crippen molar-refractivity contribution in [2.45, 2.75) is 71.1 Å². The molecule has 0 radical (unpaired) electrons. The van der Waals surface area contributed by atoms with Crippen LogP contribution in [0.2, 0.25) is 0 Å². The third-order valence-corrected chi connectivity index (χ3v) is 8.46. The summed E-state index contributed by atoms with van der Waals surface area (Å²) in [4.78, 5) is 0. The van der Waals surface area contributed by atoms with E-state index in [4.69, 9.17) is 80.9 Å². The summed E-state index contributed by atoms with van der Waals surface area (Å²) < 4.78 is 87.6. The molecule has 0 atom stereocenters. The smallest absolute Gasteiger partial charge is 0.0701 e. The first-order valence-corrected chi connectivity index (χ1v) is 23.3. The molecule has 0 aromatic rings. The van der Waals surface area contributed by atoms with Gasteiger partial charge in [-0.05, 0) is 6.42 Å². The van der Waals surface area contributed by atoms with E-state index in [-0.39, 0.29) is 6.61 Å². The molecule has 0 aliphatic heterocycles. The van der Waals surface area contributed by atoms with Crippen molar-refractivity contribution in [2.75, 3.05) is 218 Å². The number of aliphatic hydroxyl groups is 1. The van der Waals surface area contributed by atoms with Gasteiger partial charge in [0.2, 0.25) is 0 Å². The highest BCUT2D eigenvalue weighted by atomic mass is 16.6. The second kappa shape index (κ2) is 59.3. The quantitative estimate of drug-likeness (QED) is 0.0864. The number of hydrogen-bond acceptors (Lipinski definition) is 17. The molecule has 0 bridgehead atoms. The minimum absolute atomic E-state index is 0.0228. The van der Waals surface area contributed by atoms with Crippen molar-refractivity contribution in [3.8, 4) is 0 Å². The molecule has 61 heavy (non-hydrogen) atoms. The molecule has 17 heteroatoms. The fourth-order valence-corrected chi connectivity index (χ4v) is 5.16. The predicted octanol–water partition coefficient (Wildman–Crippen LogP) is 4.17. The molecule has 0 unspecified atom stereocenters. The molecule has 0 aromatic carbocycles. The van der Waals surface area contributed by atoms with E-state index in [1.54, 1.807) is 0 Å². The van der Waals surface area contributed by atoms with Crippen LogP contribution in [0.5, 0.6) is 0 Å². The lowest BCUT2D eigenvalue weighted by atomic mass is 10.1. The van der Waals surface area contributed by atoms with Gasteiger partial charge in [-0.1, -0.05) is 64.7 Å². The number of rotatable bonds is 58. The van der Waals surface area contributed by atoms with Gasteiger partial charge < -0.3 is 80.9 Å². The van der Waals surface area contributed by atoms with Gasteiger partial charge in [0, 0.05) is 6.61 Å². The van der Waals surface area contributed by atoms with Gasteiger partial charge in [0.05, 0.1) is 211 Å². The summed E-state index contributed by atoms with van der Waals surface area (Å²) in [6.07, 6.45) is 13.4. The lowest BCUT2D eigenvalue weighted by molar-refractivity contribution is -0.0305. The Bertz CT molecular complexity index is 688. The molecule has 368 valence electrons. The van der Waals surface area contributed by atoms with Crippen LogP contribution in [-0.2, 0) is 75.8 Å². The molecule has 0 spiro atoms. The van der Waals surface area contributed by atoms with Crippen LogP contribution in [0, 0.1) is 0 Å². The Hall–Kier alpha value is -0.680. The standard InChI is InChI=1S/C44H90O17/c1-2-3-4-5-6-7-8-9-10-11-13-46-15-17-48-19-21-50-23-25-52-27-29-54-31-33-56-35-37-58-39-41-60-43-44-61-42-40-59-38-36-57-34-32-55-30-28-53-26-24-51-22-20-49-18-16-47-14-12-45/h45H,2-44H2,1H3. The molecule has 0 saturated heterocycles. The Morgan fingerprint density at radius 3 is 0.508 bits per heavy atom. The fourth-order valence-electron chi connectivity index (χ4n) is 5.16. The first-order chi connectivity index (χ1) is 30.4. The van der Waals surface area contributed by atoms with Crippen molar-refractivity contribution >= 4 is 0 Å². The Labute approximate surface area is 369 Å². The Morgan fingerprint density at radius 1 is 0.180 bits per heavy atom. The second-order valence-corrected chi connectivity index (χ2v) is 13.7. The van der Waals surface area contributed by atoms with E-state index in [0.29, 0.717) is 205 Å². The highest BCUT2D eigenvalue weighted by Crippen LogP contribution is 2.10. The zero-order valence-electron chi connectivity index (χ0n) is 38.4. The van der Waals surface area contributed by atoms with E-state index in [9.17, 15) is 0 Å². The van der Waals surface area contributed by atoms with Gasteiger partial charge in [-0.15, -0.1) is 0 Å². The summed E-state index contributed by atoms with van der Waals surface area (Å²) in [6.45, 7) is 18.9. The van der Waals surface area contributed by atoms with E-state index in [1.807, 2.05) is 0 Å². The largest absolute Gasteiger partial charge is 0.394 e. The lowest BCUT2D eigenvalue weighted by Crippen LogP contribution is -2.16. The van der Waals surface area contributed by atoms with Crippen molar-refractivity contribution < 1.29 is 80.9 Å². The zero-order chi connectivity index (χ0) is 43.7. The highest BCUT2D eigenvalue weighted by Gasteiger charge is 1.99. The number of unbranched alkanes of at least 4 members (excludes halogenated alkanes) is 9. The van der Waals surface area contributed by atoms with Crippen LogP contribution in [-0.4, -0.2) is 223 Å². The first kappa shape index (κ1) is 60.3. The van der Waals surface area contributed by atoms with Crippen LogP contribution in [0.4, 0.5) is 0 Å². The van der Waals surface area contributed by atoms with E-state index < -0.39 is 0 Å². The molecule has 0 amide bonds. The third kappa shape index (κ3) is 59.3. The molecule has 1 N–H and O–H groups in total. The molecule has 0 aliphatic carbocycles. The van der Waals surface area contributed by atoms with Gasteiger partial charge in [-0.25, -0.2) is 0 Å². The molecule has 0 aromatic heterocycles. The molecule has 0 fully saturated rings. The average molecular weight is 891 g/mol. The van der Waals surface area contributed by atoms with E-state index in [0.717, 1.165) is 13.0 Å².